The first-order valence-corrected chi connectivity index (χ1v) is 5.79. The zero-order chi connectivity index (χ0) is 12.1. The van der Waals surface area contributed by atoms with Crippen molar-refractivity contribution in [3.8, 4) is 0 Å². The highest BCUT2D eigenvalue weighted by molar-refractivity contribution is 6.29. The van der Waals surface area contributed by atoms with E-state index in [4.69, 9.17) is 11.6 Å². The third kappa shape index (κ3) is 3.14. The van der Waals surface area contributed by atoms with Crippen LogP contribution in [0.1, 0.15) is 12.5 Å². The summed E-state index contributed by atoms with van der Waals surface area (Å²) in [6, 6.07) is 5.75. The van der Waals surface area contributed by atoms with Crippen molar-refractivity contribution in [2.24, 2.45) is 0 Å². The van der Waals surface area contributed by atoms with Crippen LogP contribution in [0.3, 0.4) is 0 Å². The number of hydrogen-bond donors (Lipinski definition) is 0. The molecule has 0 fully saturated rings. The van der Waals surface area contributed by atoms with E-state index >= 15 is 0 Å². The van der Waals surface area contributed by atoms with E-state index in [2.05, 4.69) is 26.8 Å². The van der Waals surface area contributed by atoms with Crippen LogP contribution in [0.15, 0.2) is 36.9 Å². The summed E-state index contributed by atoms with van der Waals surface area (Å²) in [7, 11) is 0. The maximum atomic E-state index is 5.86. The lowest BCUT2D eigenvalue weighted by Crippen LogP contribution is -2.23. The van der Waals surface area contributed by atoms with Gasteiger partial charge < -0.3 is 4.90 Å². The molecule has 4 nitrogen and oxygen atoms in total. The molecule has 0 amide bonds. The van der Waals surface area contributed by atoms with E-state index in [1.165, 1.54) is 11.9 Å². The van der Waals surface area contributed by atoms with Crippen molar-refractivity contribution >= 4 is 17.4 Å². The zero-order valence-electron chi connectivity index (χ0n) is 9.55. The maximum absolute atomic E-state index is 5.86. The van der Waals surface area contributed by atoms with Crippen LogP contribution in [0.5, 0.6) is 0 Å². The first-order valence-electron chi connectivity index (χ1n) is 5.41. The van der Waals surface area contributed by atoms with Crippen molar-refractivity contribution in [2.45, 2.75) is 13.5 Å². The van der Waals surface area contributed by atoms with Crippen LogP contribution >= 0.6 is 11.6 Å². The summed E-state index contributed by atoms with van der Waals surface area (Å²) >= 11 is 5.86. The molecule has 0 atom stereocenters. The van der Waals surface area contributed by atoms with Crippen molar-refractivity contribution < 1.29 is 0 Å². The summed E-state index contributed by atoms with van der Waals surface area (Å²) in [5, 5.41) is 0.461. The molecule has 0 N–H and O–H groups in total. The van der Waals surface area contributed by atoms with E-state index in [1.807, 2.05) is 12.1 Å². The van der Waals surface area contributed by atoms with Crippen molar-refractivity contribution in [1.29, 1.82) is 0 Å². The van der Waals surface area contributed by atoms with Gasteiger partial charge >= 0.3 is 0 Å². The van der Waals surface area contributed by atoms with Gasteiger partial charge in [-0.25, -0.2) is 9.97 Å². The number of halogens is 1. The summed E-state index contributed by atoms with van der Waals surface area (Å²) in [6.07, 6.45) is 5.05. The lowest BCUT2D eigenvalue weighted by Gasteiger charge is -2.21. The lowest BCUT2D eigenvalue weighted by molar-refractivity contribution is 0.809. The van der Waals surface area contributed by atoms with Crippen molar-refractivity contribution in [1.82, 2.24) is 15.0 Å². The second-order valence-electron chi connectivity index (χ2n) is 3.57. The third-order valence-electron chi connectivity index (χ3n) is 2.45. The van der Waals surface area contributed by atoms with Crippen LogP contribution in [-0.2, 0) is 6.54 Å². The van der Waals surface area contributed by atoms with Gasteiger partial charge in [0, 0.05) is 31.5 Å². The Hall–Kier alpha value is -1.68. The van der Waals surface area contributed by atoms with E-state index in [0.29, 0.717) is 5.15 Å². The maximum Gasteiger partial charge on any atom is 0.134 e. The summed E-state index contributed by atoms with van der Waals surface area (Å²) in [4.78, 5) is 14.2. The minimum atomic E-state index is 0.461. The second kappa shape index (κ2) is 5.59. The molecule has 0 saturated carbocycles. The molecule has 0 bridgehead atoms. The minimum Gasteiger partial charge on any atom is -0.352 e. The summed E-state index contributed by atoms with van der Waals surface area (Å²) in [6.45, 7) is 3.72. The molecule has 5 heteroatoms. The van der Waals surface area contributed by atoms with Gasteiger partial charge in [0.2, 0.25) is 0 Å². The predicted octanol–water partition coefficient (Wildman–Crippen LogP) is 2.55. The summed E-state index contributed by atoms with van der Waals surface area (Å²) < 4.78 is 0. The fourth-order valence-electron chi connectivity index (χ4n) is 1.56. The molecule has 88 valence electrons. The SMILES string of the molecule is CCN(Cc1ccncc1)c1cc(Cl)ncn1. The lowest BCUT2D eigenvalue weighted by atomic mass is 10.2. The Morgan fingerprint density at radius 2 is 2.00 bits per heavy atom. The van der Waals surface area contributed by atoms with E-state index in [-0.39, 0.29) is 0 Å². The highest BCUT2D eigenvalue weighted by atomic mass is 35.5. The van der Waals surface area contributed by atoms with Gasteiger partial charge in [-0.1, -0.05) is 11.6 Å². The van der Waals surface area contributed by atoms with Crippen LogP contribution < -0.4 is 4.90 Å². The molecule has 2 heterocycles. The second-order valence-corrected chi connectivity index (χ2v) is 3.96. The highest BCUT2D eigenvalue weighted by Crippen LogP contribution is 2.16. The van der Waals surface area contributed by atoms with Crippen LogP contribution in [0.2, 0.25) is 5.15 Å². The number of nitrogens with zero attached hydrogens (tertiary/aromatic N) is 4. The van der Waals surface area contributed by atoms with E-state index < -0.39 is 0 Å². The molecule has 0 radical (unpaired) electrons. The molecule has 2 rings (SSSR count). The molecular weight excluding hydrogens is 236 g/mol. The molecule has 0 aliphatic carbocycles. The van der Waals surface area contributed by atoms with E-state index in [9.17, 15) is 0 Å². The first-order chi connectivity index (χ1) is 8.29. The number of rotatable bonds is 4. The zero-order valence-corrected chi connectivity index (χ0v) is 10.3. The Bertz CT molecular complexity index is 475. The van der Waals surface area contributed by atoms with Gasteiger partial charge in [0.25, 0.3) is 0 Å². The number of aromatic nitrogens is 3. The van der Waals surface area contributed by atoms with Crippen LogP contribution in [0, 0.1) is 0 Å². The molecule has 17 heavy (non-hydrogen) atoms. The van der Waals surface area contributed by atoms with Gasteiger partial charge in [0.15, 0.2) is 0 Å². The number of hydrogen-bond acceptors (Lipinski definition) is 4. The normalized spacial score (nSPS) is 10.2. The molecule has 0 unspecified atom stereocenters. The molecule has 0 spiro atoms. The smallest absolute Gasteiger partial charge is 0.134 e. The third-order valence-corrected chi connectivity index (χ3v) is 2.65. The van der Waals surface area contributed by atoms with Crippen LogP contribution in [0.4, 0.5) is 5.82 Å². The molecule has 0 aliphatic heterocycles. The Labute approximate surface area is 105 Å². The average molecular weight is 249 g/mol. The topological polar surface area (TPSA) is 41.9 Å². The van der Waals surface area contributed by atoms with Gasteiger partial charge in [-0.15, -0.1) is 0 Å². The highest BCUT2D eigenvalue weighted by Gasteiger charge is 2.07. The van der Waals surface area contributed by atoms with Crippen molar-refractivity contribution in [3.05, 3.63) is 47.6 Å². The summed E-state index contributed by atoms with van der Waals surface area (Å²) in [5.74, 6) is 0.837. The Morgan fingerprint density at radius 1 is 1.24 bits per heavy atom. The molecular formula is C12H13ClN4. The fraction of sp³-hybridized carbons (Fsp3) is 0.250. The summed E-state index contributed by atoms with van der Waals surface area (Å²) in [5.41, 5.74) is 1.19. The van der Waals surface area contributed by atoms with E-state index in [0.717, 1.165) is 18.9 Å². The monoisotopic (exact) mass is 248 g/mol. The van der Waals surface area contributed by atoms with Crippen LogP contribution in [-0.4, -0.2) is 21.5 Å². The standard InChI is InChI=1S/C12H13ClN4/c1-2-17(8-10-3-5-14-6-4-10)12-7-11(13)15-9-16-12/h3-7,9H,2,8H2,1H3. The van der Waals surface area contributed by atoms with Gasteiger partial charge in [-0.3, -0.25) is 4.98 Å². The largest absolute Gasteiger partial charge is 0.352 e. The van der Waals surface area contributed by atoms with Crippen molar-refractivity contribution in [2.75, 3.05) is 11.4 Å². The number of anilines is 1. The predicted molar refractivity (Wildman–Crippen MR) is 68.0 cm³/mol. The quantitative estimate of drug-likeness (QED) is 0.780. The molecule has 2 aromatic rings. The molecule has 2 aromatic heterocycles. The number of pyridine rings is 1. The molecule has 0 saturated heterocycles. The van der Waals surface area contributed by atoms with Gasteiger partial charge in [0.05, 0.1) is 0 Å². The van der Waals surface area contributed by atoms with Gasteiger partial charge in [-0.05, 0) is 24.6 Å². The Balaban J connectivity index is 2.17. The van der Waals surface area contributed by atoms with Gasteiger partial charge in [-0.2, -0.15) is 0 Å². The van der Waals surface area contributed by atoms with Gasteiger partial charge in [0.1, 0.15) is 17.3 Å². The minimum absolute atomic E-state index is 0.461. The Morgan fingerprint density at radius 3 is 2.65 bits per heavy atom. The average Bonchev–Trinajstić information content (AvgIpc) is 2.37. The molecule has 0 aliphatic rings. The van der Waals surface area contributed by atoms with Crippen LogP contribution in [0.25, 0.3) is 0 Å². The molecule has 0 aromatic carbocycles. The first kappa shape index (κ1) is 11.8. The van der Waals surface area contributed by atoms with Crippen molar-refractivity contribution in [3.63, 3.8) is 0 Å². The Kier molecular flexibility index (Phi) is 3.88. The fourth-order valence-corrected chi connectivity index (χ4v) is 1.70. The van der Waals surface area contributed by atoms with E-state index in [1.54, 1.807) is 18.5 Å².